The molecule has 0 saturated heterocycles. The molecule has 2 N–H and O–H groups in total. The van der Waals surface area contributed by atoms with Gasteiger partial charge < -0.3 is 10.6 Å². The lowest BCUT2D eigenvalue weighted by atomic mass is 9.93. The summed E-state index contributed by atoms with van der Waals surface area (Å²) >= 11 is 0. The monoisotopic (exact) mass is 300 g/mol. The molecule has 0 saturated carbocycles. The van der Waals surface area contributed by atoms with Crippen LogP contribution in [0.4, 0.5) is 0 Å². The quantitative estimate of drug-likeness (QED) is 0.921. The van der Waals surface area contributed by atoms with E-state index < -0.39 is 0 Å². The van der Waals surface area contributed by atoms with Gasteiger partial charge in [0, 0.05) is 19.8 Å². The minimum absolute atomic E-state index is 0.0267. The Morgan fingerprint density at radius 2 is 1.95 bits per heavy atom. The van der Waals surface area contributed by atoms with Crippen LogP contribution in [0, 0.1) is 12.3 Å². The molecule has 2 rings (SSSR count). The summed E-state index contributed by atoms with van der Waals surface area (Å²) in [4.78, 5) is 14.4. The Balaban J connectivity index is 2.22. The molecule has 5 heteroatoms. The Labute approximate surface area is 131 Å². The number of aryl methyl sites for hydroxylation is 1. The lowest BCUT2D eigenvalue weighted by Crippen LogP contribution is -2.39. The Hall–Kier alpha value is -2.14. The fraction of sp³-hybridized carbons (Fsp3) is 0.412. The zero-order chi connectivity index (χ0) is 16.3. The molecule has 0 aliphatic carbocycles. The maximum Gasteiger partial charge on any atom is 0.257 e. The van der Waals surface area contributed by atoms with Crippen molar-refractivity contribution in [3.8, 4) is 5.69 Å². The smallest absolute Gasteiger partial charge is 0.257 e. The van der Waals surface area contributed by atoms with Crippen molar-refractivity contribution in [3.63, 3.8) is 0 Å². The number of amides is 1. The van der Waals surface area contributed by atoms with E-state index in [1.165, 1.54) is 0 Å². The van der Waals surface area contributed by atoms with Gasteiger partial charge in [0.15, 0.2) is 0 Å². The summed E-state index contributed by atoms with van der Waals surface area (Å²) in [5.41, 5.74) is 7.94. The maximum atomic E-state index is 12.6. The van der Waals surface area contributed by atoms with Gasteiger partial charge in [0.05, 0.1) is 16.9 Å². The van der Waals surface area contributed by atoms with Crippen molar-refractivity contribution in [2.45, 2.75) is 20.8 Å². The first-order valence-corrected chi connectivity index (χ1v) is 7.41. The molecule has 1 aromatic carbocycles. The van der Waals surface area contributed by atoms with Gasteiger partial charge in [0.25, 0.3) is 5.91 Å². The summed E-state index contributed by atoms with van der Waals surface area (Å²) in [7, 11) is 1.80. The minimum atomic E-state index is -0.103. The first kappa shape index (κ1) is 16.2. The average molecular weight is 300 g/mol. The van der Waals surface area contributed by atoms with Gasteiger partial charge in [-0.25, -0.2) is 4.68 Å². The van der Waals surface area contributed by atoms with Crippen LogP contribution in [0.5, 0.6) is 0 Å². The normalized spacial score (nSPS) is 11.5. The highest BCUT2D eigenvalue weighted by Crippen LogP contribution is 2.18. The van der Waals surface area contributed by atoms with Crippen molar-refractivity contribution in [1.82, 2.24) is 14.7 Å². The molecular weight excluding hydrogens is 276 g/mol. The van der Waals surface area contributed by atoms with Crippen LogP contribution in [0.1, 0.15) is 29.9 Å². The van der Waals surface area contributed by atoms with Gasteiger partial charge >= 0.3 is 0 Å². The topological polar surface area (TPSA) is 64.2 Å². The fourth-order valence-electron chi connectivity index (χ4n) is 2.37. The van der Waals surface area contributed by atoms with Crippen LogP contribution in [-0.2, 0) is 0 Å². The molecule has 118 valence electrons. The van der Waals surface area contributed by atoms with E-state index in [1.54, 1.807) is 22.8 Å². The molecule has 0 aliphatic heterocycles. The molecular formula is C17H24N4O. The Morgan fingerprint density at radius 3 is 2.55 bits per heavy atom. The molecule has 0 radical (unpaired) electrons. The van der Waals surface area contributed by atoms with Gasteiger partial charge in [-0.2, -0.15) is 5.10 Å². The fourth-order valence-corrected chi connectivity index (χ4v) is 2.37. The summed E-state index contributed by atoms with van der Waals surface area (Å²) in [6.07, 6.45) is 1.79. The van der Waals surface area contributed by atoms with Crippen molar-refractivity contribution in [1.29, 1.82) is 0 Å². The highest BCUT2D eigenvalue weighted by molar-refractivity contribution is 5.95. The van der Waals surface area contributed by atoms with Gasteiger partial charge in [-0.1, -0.05) is 32.0 Å². The van der Waals surface area contributed by atoms with Crippen LogP contribution in [0.15, 0.2) is 36.5 Å². The molecule has 1 aromatic heterocycles. The molecule has 0 atom stereocenters. The van der Waals surface area contributed by atoms with Crippen LogP contribution in [0.2, 0.25) is 0 Å². The summed E-state index contributed by atoms with van der Waals surface area (Å²) in [5, 5.41) is 4.45. The van der Waals surface area contributed by atoms with Crippen molar-refractivity contribution >= 4 is 5.91 Å². The lowest BCUT2D eigenvalue weighted by molar-refractivity contribution is 0.0740. The van der Waals surface area contributed by atoms with Crippen LogP contribution in [0.3, 0.4) is 0 Å². The largest absolute Gasteiger partial charge is 0.341 e. The van der Waals surface area contributed by atoms with Gasteiger partial charge in [0.2, 0.25) is 0 Å². The predicted molar refractivity (Wildman–Crippen MR) is 88.1 cm³/mol. The first-order chi connectivity index (χ1) is 10.3. The van der Waals surface area contributed by atoms with Gasteiger partial charge in [0.1, 0.15) is 0 Å². The van der Waals surface area contributed by atoms with E-state index in [1.807, 2.05) is 37.3 Å². The van der Waals surface area contributed by atoms with Crippen molar-refractivity contribution in [3.05, 3.63) is 47.8 Å². The van der Waals surface area contributed by atoms with Crippen LogP contribution in [0.25, 0.3) is 5.69 Å². The third kappa shape index (κ3) is 3.54. The molecule has 0 bridgehead atoms. The van der Waals surface area contributed by atoms with Crippen LogP contribution >= 0.6 is 0 Å². The zero-order valence-corrected chi connectivity index (χ0v) is 13.7. The molecule has 5 nitrogen and oxygen atoms in total. The number of hydrogen-bond acceptors (Lipinski definition) is 3. The Morgan fingerprint density at radius 1 is 1.32 bits per heavy atom. The highest BCUT2D eigenvalue weighted by Gasteiger charge is 2.24. The van der Waals surface area contributed by atoms with E-state index in [2.05, 4.69) is 18.9 Å². The summed E-state index contributed by atoms with van der Waals surface area (Å²) in [6.45, 7) is 7.10. The Kier molecular flexibility index (Phi) is 4.66. The number of benzene rings is 1. The van der Waals surface area contributed by atoms with E-state index >= 15 is 0 Å². The van der Waals surface area contributed by atoms with E-state index in [0.717, 1.165) is 11.4 Å². The van der Waals surface area contributed by atoms with Crippen LogP contribution < -0.4 is 5.73 Å². The lowest BCUT2D eigenvalue weighted by Gasteiger charge is -2.28. The first-order valence-electron chi connectivity index (χ1n) is 7.41. The number of aromatic nitrogens is 2. The molecule has 0 unspecified atom stereocenters. The highest BCUT2D eigenvalue weighted by atomic mass is 16.2. The van der Waals surface area contributed by atoms with E-state index in [4.69, 9.17) is 5.73 Å². The number of carbonyl (C=O) groups excluding carboxylic acids is 1. The number of nitrogens with two attached hydrogens (primary N) is 1. The second-order valence-electron chi connectivity index (χ2n) is 6.44. The molecule has 22 heavy (non-hydrogen) atoms. The minimum Gasteiger partial charge on any atom is -0.341 e. The molecule has 0 fully saturated rings. The summed E-state index contributed by atoms with van der Waals surface area (Å²) < 4.78 is 1.74. The van der Waals surface area contributed by atoms with Gasteiger partial charge in [-0.3, -0.25) is 4.79 Å². The number of nitrogens with zero attached hydrogens (tertiary/aromatic N) is 3. The third-order valence-corrected chi connectivity index (χ3v) is 3.71. The summed E-state index contributed by atoms with van der Waals surface area (Å²) in [6, 6.07) is 9.77. The zero-order valence-electron chi connectivity index (χ0n) is 13.7. The van der Waals surface area contributed by atoms with Crippen molar-refractivity contribution < 1.29 is 4.79 Å². The second-order valence-corrected chi connectivity index (χ2v) is 6.44. The van der Waals surface area contributed by atoms with E-state index in [9.17, 15) is 4.79 Å². The molecule has 1 heterocycles. The second kappa shape index (κ2) is 6.32. The maximum absolute atomic E-state index is 12.6. The van der Waals surface area contributed by atoms with Crippen LogP contribution in [-0.4, -0.2) is 40.7 Å². The van der Waals surface area contributed by atoms with Gasteiger partial charge in [-0.05, 0) is 31.0 Å². The number of hydrogen-bond donors (Lipinski definition) is 1. The molecule has 0 aliphatic rings. The van der Waals surface area contributed by atoms with Crippen molar-refractivity contribution in [2.24, 2.45) is 11.1 Å². The van der Waals surface area contributed by atoms with Gasteiger partial charge in [-0.15, -0.1) is 0 Å². The third-order valence-electron chi connectivity index (χ3n) is 3.71. The molecule has 0 spiro atoms. The SMILES string of the molecule is Cc1nn(-c2ccccc2)cc1C(=O)N(C)CC(C)(C)CN. The summed E-state index contributed by atoms with van der Waals surface area (Å²) in [5.74, 6) is -0.0267. The number of carbonyl (C=O) groups is 1. The predicted octanol–water partition coefficient (Wildman–Crippen LogP) is 2.24. The molecule has 1 amide bonds. The van der Waals surface area contributed by atoms with E-state index in [0.29, 0.717) is 18.7 Å². The number of rotatable bonds is 5. The molecule has 2 aromatic rings. The number of para-hydroxylation sites is 1. The van der Waals surface area contributed by atoms with Crippen molar-refractivity contribution in [2.75, 3.05) is 20.1 Å². The standard InChI is InChI=1S/C17H24N4O/c1-13-15(16(22)20(4)12-17(2,3)11-18)10-21(19-13)14-8-6-5-7-9-14/h5-10H,11-12,18H2,1-4H3. The Bertz CT molecular complexity index is 646. The average Bonchev–Trinajstić information content (AvgIpc) is 2.89. The van der Waals surface area contributed by atoms with E-state index in [-0.39, 0.29) is 11.3 Å².